The molecule has 1 aliphatic rings. The topological polar surface area (TPSA) is 37.3 Å². The van der Waals surface area contributed by atoms with Crippen molar-refractivity contribution in [2.45, 2.75) is 38.5 Å². The van der Waals surface area contributed by atoms with E-state index in [1.54, 1.807) is 0 Å². The Morgan fingerprint density at radius 2 is 2.06 bits per heavy atom. The van der Waals surface area contributed by atoms with Crippen molar-refractivity contribution in [1.82, 2.24) is 0 Å². The van der Waals surface area contributed by atoms with Gasteiger partial charge in [-0.25, -0.2) is 0 Å². The number of hydrogen-bond donors (Lipinski definition) is 1. The first kappa shape index (κ1) is 11.2. The Balaban J connectivity index is 2.17. The number of benzene rings is 1. The van der Waals surface area contributed by atoms with Gasteiger partial charge in [-0.1, -0.05) is 36.8 Å². The van der Waals surface area contributed by atoms with Crippen LogP contribution >= 0.6 is 0 Å². The lowest BCUT2D eigenvalue weighted by molar-refractivity contribution is -0.150. The third-order valence-corrected chi connectivity index (χ3v) is 3.77. The highest BCUT2D eigenvalue weighted by Gasteiger charge is 2.38. The molecule has 0 heterocycles. The van der Waals surface area contributed by atoms with Crippen LogP contribution in [0.1, 0.15) is 44.1 Å². The van der Waals surface area contributed by atoms with E-state index in [0.29, 0.717) is 5.92 Å². The molecule has 1 aromatic carbocycles. The molecule has 16 heavy (non-hydrogen) atoms. The standard InChI is InChI=1S/C14H18O2/c1-14(13(15)16)9-5-8-12(10-14)11-6-3-2-4-7-11/h2-4,6-7,12H,5,8-10H2,1H3,(H,15,16). The van der Waals surface area contributed by atoms with Crippen molar-refractivity contribution in [1.29, 1.82) is 0 Å². The normalized spacial score (nSPS) is 29.9. The Hall–Kier alpha value is -1.31. The van der Waals surface area contributed by atoms with Crippen LogP contribution in [0.15, 0.2) is 30.3 Å². The smallest absolute Gasteiger partial charge is 0.309 e. The summed E-state index contributed by atoms with van der Waals surface area (Å²) in [5.74, 6) is -0.232. The summed E-state index contributed by atoms with van der Waals surface area (Å²) in [4.78, 5) is 11.3. The van der Waals surface area contributed by atoms with Crippen LogP contribution in [0.2, 0.25) is 0 Å². The van der Waals surface area contributed by atoms with Gasteiger partial charge in [0.15, 0.2) is 0 Å². The van der Waals surface area contributed by atoms with Crippen LogP contribution in [0.25, 0.3) is 0 Å². The summed E-state index contributed by atoms with van der Waals surface area (Å²) in [6.07, 6.45) is 3.72. The van der Waals surface area contributed by atoms with Gasteiger partial charge in [0, 0.05) is 0 Å². The van der Waals surface area contributed by atoms with Gasteiger partial charge in [0.25, 0.3) is 0 Å². The van der Waals surface area contributed by atoms with Crippen molar-refractivity contribution in [2.75, 3.05) is 0 Å². The number of carbonyl (C=O) groups is 1. The molecule has 0 aromatic heterocycles. The molecule has 86 valence electrons. The Labute approximate surface area is 96.3 Å². The van der Waals surface area contributed by atoms with E-state index in [1.807, 2.05) is 25.1 Å². The van der Waals surface area contributed by atoms with E-state index in [0.717, 1.165) is 25.7 Å². The average Bonchev–Trinajstić information content (AvgIpc) is 2.30. The zero-order chi connectivity index (χ0) is 11.6. The van der Waals surface area contributed by atoms with Crippen molar-refractivity contribution < 1.29 is 9.90 Å². The van der Waals surface area contributed by atoms with Gasteiger partial charge >= 0.3 is 5.97 Å². The van der Waals surface area contributed by atoms with E-state index in [9.17, 15) is 9.90 Å². The monoisotopic (exact) mass is 218 g/mol. The summed E-state index contributed by atoms with van der Waals surface area (Å²) in [6.45, 7) is 1.88. The summed E-state index contributed by atoms with van der Waals surface area (Å²) in [6, 6.07) is 10.3. The fourth-order valence-electron chi connectivity index (χ4n) is 2.69. The second-order valence-corrected chi connectivity index (χ2v) is 5.07. The zero-order valence-electron chi connectivity index (χ0n) is 9.65. The summed E-state index contributed by atoms with van der Waals surface area (Å²) in [5.41, 5.74) is 0.758. The molecular weight excluding hydrogens is 200 g/mol. The minimum Gasteiger partial charge on any atom is -0.481 e. The molecule has 1 saturated carbocycles. The average molecular weight is 218 g/mol. The lowest BCUT2D eigenvalue weighted by Gasteiger charge is -2.35. The molecule has 0 amide bonds. The summed E-state index contributed by atoms with van der Waals surface area (Å²) in [7, 11) is 0. The van der Waals surface area contributed by atoms with Gasteiger partial charge in [0.1, 0.15) is 0 Å². The first-order valence-corrected chi connectivity index (χ1v) is 5.90. The minimum atomic E-state index is -0.645. The van der Waals surface area contributed by atoms with Crippen LogP contribution in [0.4, 0.5) is 0 Å². The third kappa shape index (κ3) is 2.11. The van der Waals surface area contributed by atoms with Gasteiger partial charge in [-0.2, -0.15) is 0 Å². The van der Waals surface area contributed by atoms with Gasteiger partial charge in [-0.15, -0.1) is 0 Å². The van der Waals surface area contributed by atoms with Crippen LogP contribution in [0.3, 0.4) is 0 Å². The van der Waals surface area contributed by atoms with Gasteiger partial charge in [-0.3, -0.25) is 4.79 Å². The van der Waals surface area contributed by atoms with Gasteiger partial charge in [0.05, 0.1) is 5.41 Å². The maximum atomic E-state index is 11.3. The molecule has 1 N–H and O–H groups in total. The molecule has 0 bridgehead atoms. The fourth-order valence-corrected chi connectivity index (χ4v) is 2.69. The van der Waals surface area contributed by atoms with Crippen molar-refractivity contribution in [3.05, 3.63) is 35.9 Å². The second kappa shape index (κ2) is 4.28. The highest BCUT2D eigenvalue weighted by Crippen LogP contribution is 2.43. The molecule has 0 spiro atoms. The fraction of sp³-hybridized carbons (Fsp3) is 0.500. The number of aliphatic carboxylic acids is 1. The lowest BCUT2D eigenvalue weighted by atomic mass is 9.69. The second-order valence-electron chi connectivity index (χ2n) is 5.07. The summed E-state index contributed by atoms with van der Waals surface area (Å²) in [5, 5.41) is 9.26. The number of rotatable bonds is 2. The summed E-state index contributed by atoms with van der Waals surface area (Å²) < 4.78 is 0. The summed E-state index contributed by atoms with van der Waals surface area (Å²) >= 11 is 0. The lowest BCUT2D eigenvalue weighted by Crippen LogP contribution is -2.32. The van der Waals surface area contributed by atoms with Crippen LogP contribution in [-0.2, 0) is 4.79 Å². The molecule has 1 aromatic rings. The van der Waals surface area contributed by atoms with Crippen LogP contribution in [0.5, 0.6) is 0 Å². The quantitative estimate of drug-likeness (QED) is 0.825. The van der Waals surface area contributed by atoms with E-state index in [-0.39, 0.29) is 0 Å². The predicted molar refractivity (Wildman–Crippen MR) is 63.4 cm³/mol. The molecule has 0 radical (unpaired) electrons. The molecule has 2 rings (SSSR count). The molecule has 1 fully saturated rings. The number of hydrogen-bond acceptors (Lipinski definition) is 1. The minimum absolute atomic E-state index is 0.413. The molecule has 0 aliphatic heterocycles. The Morgan fingerprint density at radius 3 is 2.69 bits per heavy atom. The van der Waals surface area contributed by atoms with E-state index < -0.39 is 11.4 Å². The highest BCUT2D eigenvalue weighted by molar-refractivity contribution is 5.74. The predicted octanol–water partition coefficient (Wildman–Crippen LogP) is 3.44. The van der Waals surface area contributed by atoms with Crippen molar-refractivity contribution >= 4 is 5.97 Å². The maximum absolute atomic E-state index is 11.3. The van der Waals surface area contributed by atoms with Gasteiger partial charge < -0.3 is 5.11 Å². The number of carboxylic acid groups (broad SMARTS) is 1. The first-order valence-electron chi connectivity index (χ1n) is 5.90. The SMILES string of the molecule is CC1(C(=O)O)CCCC(c2ccccc2)C1. The first-order chi connectivity index (χ1) is 7.62. The molecule has 1 aliphatic carbocycles. The van der Waals surface area contributed by atoms with Crippen molar-refractivity contribution in [2.24, 2.45) is 5.41 Å². The Morgan fingerprint density at radius 1 is 1.38 bits per heavy atom. The van der Waals surface area contributed by atoms with E-state index in [1.165, 1.54) is 5.56 Å². The molecular formula is C14H18O2. The molecule has 0 saturated heterocycles. The molecule has 2 heteroatoms. The number of carboxylic acids is 1. The largest absolute Gasteiger partial charge is 0.481 e. The molecule has 2 unspecified atom stereocenters. The van der Waals surface area contributed by atoms with Gasteiger partial charge in [-0.05, 0) is 37.7 Å². The maximum Gasteiger partial charge on any atom is 0.309 e. The Kier molecular flexibility index (Phi) is 2.99. The third-order valence-electron chi connectivity index (χ3n) is 3.77. The van der Waals surface area contributed by atoms with Crippen molar-refractivity contribution in [3.8, 4) is 0 Å². The van der Waals surface area contributed by atoms with Crippen molar-refractivity contribution in [3.63, 3.8) is 0 Å². The van der Waals surface area contributed by atoms with Crippen LogP contribution in [-0.4, -0.2) is 11.1 Å². The van der Waals surface area contributed by atoms with Gasteiger partial charge in [0.2, 0.25) is 0 Å². The van der Waals surface area contributed by atoms with E-state index >= 15 is 0 Å². The van der Waals surface area contributed by atoms with Crippen LogP contribution < -0.4 is 0 Å². The molecule has 2 nitrogen and oxygen atoms in total. The Bertz CT molecular complexity index is 372. The zero-order valence-corrected chi connectivity index (χ0v) is 9.65. The molecule has 2 atom stereocenters. The highest BCUT2D eigenvalue weighted by atomic mass is 16.4. The van der Waals surface area contributed by atoms with E-state index in [4.69, 9.17) is 0 Å². The van der Waals surface area contributed by atoms with E-state index in [2.05, 4.69) is 12.1 Å². The van der Waals surface area contributed by atoms with Crippen LogP contribution in [0, 0.1) is 5.41 Å².